The second-order valence-corrected chi connectivity index (χ2v) is 29.0. The van der Waals surface area contributed by atoms with Gasteiger partial charge in [0.15, 0.2) is 0 Å². The van der Waals surface area contributed by atoms with Crippen LogP contribution in [0.25, 0.3) is 0 Å². The molecule has 0 radical (unpaired) electrons. The fraction of sp³-hybridized carbons (Fsp3) is 0.812. The number of allylic oxidation sites excluding steroid dienone is 1. The summed E-state index contributed by atoms with van der Waals surface area (Å²) in [4.78, 5) is 12.8. The highest BCUT2D eigenvalue weighted by Crippen LogP contribution is 2.68. The van der Waals surface area contributed by atoms with E-state index in [1.54, 1.807) is 0 Å². The third-order valence-electron chi connectivity index (χ3n) is 4.66. The first-order valence-corrected chi connectivity index (χ1v) is 21.3. The zero-order chi connectivity index (χ0) is 19.1. The van der Waals surface area contributed by atoms with E-state index in [2.05, 4.69) is 65.0 Å². The standard InChI is InChI=1S/C16H34ClO3PSi3/c1-19-15(18)14-11-13(20-24(8,9)10)12-21(17)16(14,22(2,3)4)23(5,6)7/h11,14H,12H2,1-10H3/t14-,21-/m1/s1. The Balaban J connectivity index is 3.61. The molecule has 0 aromatic rings. The summed E-state index contributed by atoms with van der Waals surface area (Å²) in [5, 5.41) is 0. The maximum absolute atomic E-state index is 12.8. The molecule has 1 heterocycles. The van der Waals surface area contributed by atoms with Crippen LogP contribution in [0.1, 0.15) is 0 Å². The van der Waals surface area contributed by atoms with Gasteiger partial charge in [0.05, 0.1) is 34.9 Å². The number of hydrogen-bond donors (Lipinski definition) is 0. The van der Waals surface area contributed by atoms with Crippen molar-refractivity contribution in [3.63, 3.8) is 0 Å². The summed E-state index contributed by atoms with van der Waals surface area (Å²) in [5.74, 6) is 0.492. The first kappa shape index (κ1) is 22.4. The van der Waals surface area contributed by atoms with Crippen LogP contribution in [-0.2, 0) is 14.0 Å². The summed E-state index contributed by atoms with van der Waals surface area (Å²) >= 11 is 7.15. The Morgan fingerprint density at radius 2 is 1.58 bits per heavy atom. The Labute approximate surface area is 157 Å². The van der Waals surface area contributed by atoms with Gasteiger partial charge in [-0.3, -0.25) is 4.79 Å². The minimum atomic E-state index is -1.77. The van der Waals surface area contributed by atoms with Crippen molar-refractivity contribution in [1.29, 1.82) is 0 Å². The quantitative estimate of drug-likeness (QED) is 0.324. The molecule has 0 amide bonds. The van der Waals surface area contributed by atoms with Crippen molar-refractivity contribution in [3.05, 3.63) is 11.8 Å². The molecule has 0 spiro atoms. The normalized spacial score (nSPS) is 25.0. The SMILES string of the molecule is COC(=O)[C@H]1C=C(O[Si](C)(C)C)C[P@@](Cl)C1([Si](C)(C)C)[Si](C)(C)C. The van der Waals surface area contributed by atoms with Crippen molar-refractivity contribution in [2.45, 2.75) is 63.3 Å². The number of carbonyl (C=O) groups excluding carboxylic acids is 1. The second kappa shape index (κ2) is 7.18. The number of methoxy groups -OCH3 is 1. The van der Waals surface area contributed by atoms with E-state index in [1.807, 2.05) is 0 Å². The molecule has 2 atom stereocenters. The number of halogens is 1. The lowest BCUT2D eigenvalue weighted by Gasteiger charge is -2.58. The molecule has 0 fully saturated rings. The van der Waals surface area contributed by atoms with Crippen LogP contribution in [0, 0.1) is 5.92 Å². The summed E-state index contributed by atoms with van der Waals surface area (Å²) in [6.45, 7) is 20.6. The van der Waals surface area contributed by atoms with E-state index in [0.717, 1.165) is 11.9 Å². The first-order valence-electron chi connectivity index (χ1n) is 8.49. The van der Waals surface area contributed by atoms with Crippen LogP contribution < -0.4 is 0 Å². The van der Waals surface area contributed by atoms with Crippen LogP contribution in [0.15, 0.2) is 11.8 Å². The van der Waals surface area contributed by atoms with Crippen LogP contribution in [0.3, 0.4) is 0 Å². The lowest BCUT2D eigenvalue weighted by Crippen LogP contribution is -2.70. The average molecular weight is 425 g/mol. The Kier molecular flexibility index (Phi) is 6.71. The zero-order valence-corrected chi connectivity index (χ0v) is 21.6. The molecule has 0 unspecified atom stereocenters. The van der Waals surface area contributed by atoms with Crippen LogP contribution in [0.2, 0.25) is 58.9 Å². The third-order valence-corrected chi connectivity index (χ3v) is 24.5. The van der Waals surface area contributed by atoms with E-state index in [0.29, 0.717) is 0 Å². The van der Waals surface area contributed by atoms with Crippen LogP contribution in [0.4, 0.5) is 0 Å². The lowest BCUT2D eigenvalue weighted by atomic mass is 10.1. The number of esters is 1. The number of carbonyl (C=O) groups is 1. The summed E-state index contributed by atoms with van der Waals surface area (Å²) < 4.78 is 11.4. The molecular formula is C16H34ClO3PSi3. The molecule has 1 aliphatic heterocycles. The number of rotatable bonds is 5. The van der Waals surface area contributed by atoms with E-state index in [4.69, 9.17) is 20.4 Å². The monoisotopic (exact) mass is 424 g/mol. The lowest BCUT2D eigenvalue weighted by molar-refractivity contribution is -0.143. The molecule has 140 valence electrons. The van der Waals surface area contributed by atoms with Crippen LogP contribution in [-0.4, -0.2) is 48.1 Å². The summed E-state index contributed by atoms with van der Waals surface area (Å²) in [6.07, 6.45) is 2.85. The van der Waals surface area contributed by atoms with Gasteiger partial charge in [-0.25, -0.2) is 0 Å². The van der Waals surface area contributed by atoms with Crippen molar-refractivity contribution in [1.82, 2.24) is 0 Å². The smallest absolute Gasteiger partial charge is 0.313 e. The van der Waals surface area contributed by atoms with E-state index < -0.39 is 31.7 Å². The summed E-state index contributed by atoms with van der Waals surface area (Å²) in [6, 6.07) is 0. The van der Waals surface area contributed by atoms with E-state index in [-0.39, 0.29) is 16.3 Å². The Morgan fingerprint density at radius 3 is 1.92 bits per heavy atom. The van der Waals surface area contributed by atoms with Gasteiger partial charge in [0.2, 0.25) is 8.32 Å². The third kappa shape index (κ3) is 4.20. The minimum Gasteiger partial charge on any atom is -0.547 e. The fourth-order valence-electron chi connectivity index (χ4n) is 4.38. The molecule has 1 rings (SSSR count). The van der Waals surface area contributed by atoms with Crippen molar-refractivity contribution in [2.24, 2.45) is 5.92 Å². The topological polar surface area (TPSA) is 35.5 Å². The Hall–Kier alpha value is 0.381. The predicted molar refractivity (Wildman–Crippen MR) is 115 cm³/mol. The average Bonchev–Trinajstić information content (AvgIpc) is 2.31. The van der Waals surface area contributed by atoms with Crippen LogP contribution >= 0.6 is 18.5 Å². The molecule has 3 nitrogen and oxygen atoms in total. The van der Waals surface area contributed by atoms with Crippen molar-refractivity contribution >= 4 is 48.9 Å². The van der Waals surface area contributed by atoms with Gasteiger partial charge < -0.3 is 9.16 Å². The molecule has 1 aliphatic rings. The van der Waals surface area contributed by atoms with Gasteiger partial charge in [-0.2, -0.15) is 0 Å². The molecular weight excluding hydrogens is 391 g/mol. The molecule has 24 heavy (non-hydrogen) atoms. The molecule has 8 heteroatoms. The summed E-state index contributed by atoms with van der Waals surface area (Å²) in [5.41, 5.74) is 0. The molecule has 0 N–H and O–H groups in total. The summed E-state index contributed by atoms with van der Waals surface area (Å²) in [7, 11) is -4.64. The number of hydrogen-bond acceptors (Lipinski definition) is 3. The first-order chi connectivity index (χ1) is 10.6. The van der Waals surface area contributed by atoms with Crippen LogP contribution in [0.5, 0.6) is 0 Å². The van der Waals surface area contributed by atoms with Crippen molar-refractivity contribution in [3.8, 4) is 0 Å². The van der Waals surface area contributed by atoms with Gasteiger partial charge in [-0.1, -0.05) is 50.5 Å². The van der Waals surface area contributed by atoms with E-state index in [1.165, 1.54) is 7.11 Å². The van der Waals surface area contributed by atoms with Gasteiger partial charge in [0.1, 0.15) is 0 Å². The number of ether oxygens (including phenoxy) is 1. The highest BCUT2D eigenvalue weighted by Gasteiger charge is 2.64. The highest BCUT2D eigenvalue weighted by molar-refractivity contribution is 7.89. The largest absolute Gasteiger partial charge is 0.547 e. The van der Waals surface area contributed by atoms with Gasteiger partial charge in [0.25, 0.3) is 0 Å². The minimum absolute atomic E-state index is 0.101. The fourth-order valence-corrected chi connectivity index (χ4v) is 29.4. The van der Waals surface area contributed by atoms with E-state index >= 15 is 0 Å². The maximum atomic E-state index is 12.8. The Bertz CT molecular complexity index is 504. The van der Waals surface area contributed by atoms with Gasteiger partial charge in [-0.15, -0.1) is 0 Å². The maximum Gasteiger partial charge on any atom is 0.313 e. The molecule has 0 aliphatic carbocycles. The molecule has 0 saturated heterocycles. The zero-order valence-electron chi connectivity index (χ0n) is 16.9. The molecule has 0 aromatic heterocycles. The van der Waals surface area contributed by atoms with Gasteiger partial charge in [0, 0.05) is 10.6 Å². The van der Waals surface area contributed by atoms with E-state index in [9.17, 15) is 4.79 Å². The van der Waals surface area contributed by atoms with Gasteiger partial charge >= 0.3 is 5.97 Å². The van der Waals surface area contributed by atoms with Crippen molar-refractivity contribution < 1.29 is 14.0 Å². The van der Waals surface area contributed by atoms with Gasteiger partial charge in [-0.05, 0) is 33.0 Å². The highest BCUT2D eigenvalue weighted by atomic mass is 35.7. The molecule has 0 saturated carbocycles. The second-order valence-electron chi connectivity index (χ2n) is 9.63. The molecule has 0 bridgehead atoms. The molecule has 0 aromatic carbocycles. The predicted octanol–water partition coefficient (Wildman–Crippen LogP) is 5.65. The Morgan fingerprint density at radius 1 is 1.12 bits per heavy atom. The van der Waals surface area contributed by atoms with Crippen molar-refractivity contribution in [2.75, 3.05) is 13.3 Å².